The first-order chi connectivity index (χ1) is 15.0. The van der Waals surface area contributed by atoms with Crippen LogP contribution in [0.2, 0.25) is 0 Å². The zero-order valence-electron chi connectivity index (χ0n) is 16.9. The number of hydrogen-bond donors (Lipinski definition) is 3. The van der Waals surface area contributed by atoms with Crippen LogP contribution in [0.15, 0.2) is 48.8 Å². The third-order valence-corrected chi connectivity index (χ3v) is 5.22. The highest BCUT2D eigenvalue weighted by atomic mass is 16.5. The molecule has 4 N–H and O–H groups in total. The third-order valence-electron chi connectivity index (χ3n) is 5.22. The fourth-order valence-electron chi connectivity index (χ4n) is 3.76. The maximum Gasteiger partial charge on any atom is 0.323 e. The Morgan fingerprint density at radius 1 is 1.19 bits per heavy atom. The van der Waals surface area contributed by atoms with Gasteiger partial charge in [0.1, 0.15) is 6.04 Å². The van der Waals surface area contributed by atoms with Crippen molar-refractivity contribution in [3.05, 3.63) is 48.8 Å². The average Bonchev–Trinajstić information content (AvgIpc) is 3.40. The molecule has 4 amide bonds. The molecule has 1 aliphatic rings. The van der Waals surface area contributed by atoms with E-state index in [1.165, 1.54) is 29.0 Å². The number of benzene rings is 1. The van der Waals surface area contributed by atoms with Crippen LogP contribution in [0, 0.1) is 0 Å². The molecule has 1 aliphatic heterocycles. The van der Waals surface area contributed by atoms with Gasteiger partial charge < -0.3 is 26.0 Å². The summed E-state index contributed by atoms with van der Waals surface area (Å²) >= 11 is 0. The van der Waals surface area contributed by atoms with Gasteiger partial charge in [0.15, 0.2) is 0 Å². The van der Waals surface area contributed by atoms with Crippen molar-refractivity contribution in [1.29, 1.82) is 0 Å². The molecule has 4 rings (SSSR count). The highest BCUT2D eigenvalue weighted by Crippen LogP contribution is 2.27. The zero-order valence-corrected chi connectivity index (χ0v) is 16.9. The van der Waals surface area contributed by atoms with Gasteiger partial charge in [0.2, 0.25) is 11.8 Å². The van der Waals surface area contributed by atoms with Crippen molar-refractivity contribution >= 4 is 40.2 Å². The number of pyridine rings is 1. The Balaban J connectivity index is 1.51. The van der Waals surface area contributed by atoms with Crippen LogP contribution in [-0.2, 0) is 4.79 Å². The normalized spacial score (nSPS) is 15.6. The first-order valence-electron chi connectivity index (χ1n) is 9.76. The first kappa shape index (κ1) is 20.2. The molecule has 3 heterocycles. The number of ether oxygens (including phenoxy) is 1. The van der Waals surface area contributed by atoms with Crippen molar-refractivity contribution in [1.82, 2.24) is 14.5 Å². The van der Waals surface area contributed by atoms with Crippen LogP contribution in [0.4, 0.5) is 21.0 Å². The summed E-state index contributed by atoms with van der Waals surface area (Å²) in [4.78, 5) is 43.0. The molecule has 1 fully saturated rings. The molecule has 0 bridgehead atoms. The summed E-state index contributed by atoms with van der Waals surface area (Å²) in [5, 5.41) is 6.31. The van der Waals surface area contributed by atoms with Crippen LogP contribution in [0.1, 0.15) is 12.8 Å². The minimum Gasteiger partial charge on any atom is -0.481 e. The molecular formula is C21H22N6O4. The molecule has 0 unspecified atom stereocenters. The van der Waals surface area contributed by atoms with E-state index < -0.39 is 18.1 Å². The summed E-state index contributed by atoms with van der Waals surface area (Å²) in [6.07, 6.45) is 4.26. The number of rotatable bonds is 4. The van der Waals surface area contributed by atoms with E-state index >= 15 is 0 Å². The average molecular weight is 422 g/mol. The monoisotopic (exact) mass is 422 g/mol. The maximum absolute atomic E-state index is 13.0. The number of hydrogen-bond acceptors (Lipinski definition) is 5. The van der Waals surface area contributed by atoms with Gasteiger partial charge in [-0.2, -0.15) is 0 Å². The van der Waals surface area contributed by atoms with Gasteiger partial charge in [-0.05, 0) is 25.0 Å². The van der Waals surface area contributed by atoms with E-state index in [1.807, 2.05) is 0 Å². The SMILES string of the molecule is COc1cc(NC(=O)[C@@H]2CCCN2C(=O)Nc2cn(C(N)=O)c3ccccc23)ccn1. The van der Waals surface area contributed by atoms with Gasteiger partial charge in [0.05, 0.1) is 18.3 Å². The maximum atomic E-state index is 13.0. The van der Waals surface area contributed by atoms with Crippen molar-refractivity contribution in [2.75, 3.05) is 24.3 Å². The molecule has 1 saturated heterocycles. The number of carbonyl (C=O) groups is 3. The molecule has 1 aromatic carbocycles. The summed E-state index contributed by atoms with van der Waals surface area (Å²) < 4.78 is 6.34. The largest absolute Gasteiger partial charge is 0.481 e. The molecule has 0 aliphatic carbocycles. The van der Waals surface area contributed by atoms with Crippen molar-refractivity contribution < 1.29 is 19.1 Å². The van der Waals surface area contributed by atoms with E-state index in [1.54, 1.807) is 36.4 Å². The van der Waals surface area contributed by atoms with Gasteiger partial charge >= 0.3 is 12.1 Å². The van der Waals surface area contributed by atoms with E-state index in [0.717, 1.165) is 0 Å². The highest BCUT2D eigenvalue weighted by Gasteiger charge is 2.34. The summed E-state index contributed by atoms with van der Waals surface area (Å²) in [6, 6.07) is 8.68. The molecule has 1 atom stereocenters. The number of urea groups is 1. The number of fused-ring (bicyclic) bond motifs is 1. The lowest BCUT2D eigenvalue weighted by atomic mass is 10.2. The van der Waals surface area contributed by atoms with Crippen LogP contribution in [0.3, 0.4) is 0 Å². The third kappa shape index (κ3) is 4.00. The number of nitrogens with zero attached hydrogens (tertiary/aromatic N) is 3. The molecule has 10 heteroatoms. The smallest absolute Gasteiger partial charge is 0.323 e. The summed E-state index contributed by atoms with van der Waals surface area (Å²) in [5.41, 5.74) is 7.01. The highest BCUT2D eigenvalue weighted by molar-refractivity contribution is 6.06. The van der Waals surface area contributed by atoms with Crippen molar-refractivity contribution in [3.8, 4) is 5.88 Å². The van der Waals surface area contributed by atoms with Crippen molar-refractivity contribution in [2.24, 2.45) is 5.73 Å². The number of aromatic nitrogens is 2. The van der Waals surface area contributed by atoms with Crippen molar-refractivity contribution in [2.45, 2.75) is 18.9 Å². The second kappa shape index (κ2) is 8.34. The Morgan fingerprint density at radius 3 is 2.77 bits per heavy atom. The second-order valence-corrected chi connectivity index (χ2v) is 7.13. The lowest BCUT2D eigenvalue weighted by Crippen LogP contribution is -2.45. The number of likely N-dealkylation sites (tertiary alicyclic amines) is 1. The molecule has 2 aromatic heterocycles. The molecule has 0 radical (unpaired) electrons. The van der Waals surface area contributed by atoms with Crippen LogP contribution >= 0.6 is 0 Å². The number of primary amides is 1. The molecule has 0 saturated carbocycles. The Bertz CT molecular complexity index is 1160. The Morgan fingerprint density at radius 2 is 2.00 bits per heavy atom. The first-order valence-corrected chi connectivity index (χ1v) is 9.76. The van der Waals surface area contributed by atoms with Crippen LogP contribution in [-0.4, -0.2) is 52.1 Å². The standard InChI is InChI=1S/C21H22N6O4/c1-31-18-11-13(8-9-23-18)24-19(28)17-7-4-10-26(17)21(30)25-15-12-27(20(22)29)16-6-3-2-5-14(15)16/h2-3,5-6,8-9,11-12,17H,4,7,10H2,1H3,(H2,22,29)(H,25,30)(H,23,24,28)/t17-/m0/s1. The molecule has 3 aromatic rings. The number of nitrogens with two attached hydrogens (primary N) is 1. The number of para-hydroxylation sites is 1. The van der Waals surface area contributed by atoms with Gasteiger partial charge in [-0.25, -0.2) is 14.6 Å². The number of anilines is 2. The number of methoxy groups -OCH3 is 1. The Kier molecular flexibility index (Phi) is 5.44. The summed E-state index contributed by atoms with van der Waals surface area (Å²) in [7, 11) is 1.49. The van der Waals surface area contributed by atoms with Gasteiger partial charge in [-0.1, -0.05) is 18.2 Å². The fraction of sp³-hybridized carbons (Fsp3) is 0.238. The molecule has 10 nitrogen and oxygen atoms in total. The van der Waals surface area contributed by atoms with Gasteiger partial charge in [0.25, 0.3) is 0 Å². The molecular weight excluding hydrogens is 400 g/mol. The predicted octanol–water partition coefficient (Wildman–Crippen LogP) is 2.61. The Hall–Kier alpha value is -4.08. The zero-order chi connectivity index (χ0) is 22.0. The van der Waals surface area contributed by atoms with Crippen LogP contribution in [0.25, 0.3) is 10.9 Å². The van der Waals surface area contributed by atoms with Crippen LogP contribution in [0.5, 0.6) is 5.88 Å². The second-order valence-electron chi connectivity index (χ2n) is 7.13. The van der Waals surface area contributed by atoms with E-state index in [4.69, 9.17) is 10.5 Å². The lowest BCUT2D eigenvalue weighted by Gasteiger charge is -2.24. The quantitative estimate of drug-likeness (QED) is 0.595. The predicted molar refractivity (Wildman–Crippen MR) is 115 cm³/mol. The minimum atomic E-state index is -0.650. The summed E-state index contributed by atoms with van der Waals surface area (Å²) in [5.74, 6) is 0.0881. The number of nitrogens with one attached hydrogen (secondary N) is 2. The fourth-order valence-corrected chi connectivity index (χ4v) is 3.76. The Labute approximate surface area is 178 Å². The molecule has 0 spiro atoms. The van der Waals surface area contributed by atoms with Crippen molar-refractivity contribution in [3.63, 3.8) is 0 Å². The van der Waals surface area contributed by atoms with E-state index in [2.05, 4.69) is 15.6 Å². The van der Waals surface area contributed by atoms with Gasteiger partial charge in [0, 0.05) is 36.1 Å². The minimum absolute atomic E-state index is 0.291. The number of amides is 4. The van der Waals surface area contributed by atoms with Crippen LogP contribution < -0.4 is 21.1 Å². The molecule has 160 valence electrons. The van der Waals surface area contributed by atoms with E-state index in [-0.39, 0.29) is 5.91 Å². The van der Waals surface area contributed by atoms with E-state index in [0.29, 0.717) is 47.5 Å². The topological polar surface area (TPSA) is 132 Å². The number of carbonyl (C=O) groups excluding carboxylic acids is 3. The molecule has 31 heavy (non-hydrogen) atoms. The van der Waals surface area contributed by atoms with E-state index in [9.17, 15) is 14.4 Å². The van der Waals surface area contributed by atoms with Gasteiger partial charge in [-0.15, -0.1) is 0 Å². The summed E-state index contributed by atoms with van der Waals surface area (Å²) in [6.45, 7) is 0.443. The lowest BCUT2D eigenvalue weighted by molar-refractivity contribution is -0.119. The van der Waals surface area contributed by atoms with Gasteiger partial charge in [-0.3, -0.25) is 9.36 Å².